The van der Waals surface area contributed by atoms with E-state index in [0.717, 1.165) is 5.57 Å². The van der Waals surface area contributed by atoms with Crippen LogP contribution in [0.5, 0.6) is 0 Å². The zero-order valence-corrected chi connectivity index (χ0v) is 14.5. The molecule has 0 amide bonds. The first kappa shape index (κ1) is 20.3. The van der Waals surface area contributed by atoms with E-state index in [1.807, 2.05) is 32.9 Å². The van der Waals surface area contributed by atoms with Gasteiger partial charge in [-0.05, 0) is 46.3 Å². The highest BCUT2D eigenvalue weighted by atomic mass is 32.2. The van der Waals surface area contributed by atoms with E-state index in [1.165, 1.54) is 19.1 Å². The van der Waals surface area contributed by atoms with Gasteiger partial charge in [-0.3, -0.25) is 4.79 Å². The van der Waals surface area contributed by atoms with Crippen LogP contribution in [0.3, 0.4) is 0 Å². The molecule has 22 heavy (non-hydrogen) atoms. The van der Waals surface area contributed by atoms with E-state index < -0.39 is 16.1 Å². The summed E-state index contributed by atoms with van der Waals surface area (Å²) in [4.78, 5) is 11.7. The summed E-state index contributed by atoms with van der Waals surface area (Å²) in [5.74, 6) is -0.237. The van der Waals surface area contributed by atoms with Gasteiger partial charge in [0.2, 0.25) is 10.0 Å². The predicted octanol–water partition coefficient (Wildman–Crippen LogP) is 3.42. The van der Waals surface area contributed by atoms with Crippen LogP contribution in [0.2, 0.25) is 0 Å². The third-order valence-corrected chi connectivity index (χ3v) is 4.21. The molecule has 1 unspecified atom stereocenters. The Bertz CT molecular complexity index is 604. The van der Waals surface area contributed by atoms with Crippen molar-refractivity contribution < 1.29 is 13.2 Å². The average molecular weight is 323 g/mol. The molecule has 0 aromatic rings. The summed E-state index contributed by atoms with van der Waals surface area (Å²) in [5.41, 5.74) is 0.965. The first-order valence-corrected chi connectivity index (χ1v) is 8.51. The monoisotopic (exact) mass is 323 g/mol. The topological polar surface area (TPSA) is 63.2 Å². The quantitative estimate of drug-likeness (QED) is 0.661. The summed E-state index contributed by atoms with van der Waals surface area (Å²) in [6, 6.07) is -0.790. The molecule has 0 aromatic heterocycles. The van der Waals surface area contributed by atoms with E-state index in [9.17, 15) is 13.2 Å². The number of allylic oxidation sites excluding steroid dienone is 7. The second-order valence-electron chi connectivity index (χ2n) is 4.99. The Balaban J connectivity index is 5.25. The van der Waals surface area contributed by atoms with Crippen molar-refractivity contribution in [2.75, 3.05) is 0 Å². The number of hydrogen-bond donors (Lipinski definition) is 1. The third-order valence-electron chi connectivity index (χ3n) is 2.69. The summed E-state index contributed by atoms with van der Waals surface area (Å²) in [6.07, 6.45) is 11.9. The van der Waals surface area contributed by atoms with Crippen molar-refractivity contribution in [3.8, 4) is 0 Å². The maximum Gasteiger partial charge on any atom is 0.241 e. The molecule has 0 rings (SSSR count). The number of sulfonamides is 1. The molecule has 0 aliphatic heterocycles. The van der Waals surface area contributed by atoms with E-state index in [2.05, 4.69) is 11.3 Å². The Morgan fingerprint density at radius 3 is 2.27 bits per heavy atom. The van der Waals surface area contributed by atoms with Crippen molar-refractivity contribution in [2.45, 2.75) is 40.2 Å². The molecule has 4 nitrogen and oxygen atoms in total. The summed E-state index contributed by atoms with van der Waals surface area (Å²) >= 11 is 0. The van der Waals surface area contributed by atoms with Crippen LogP contribution in [0.4, 0.5) is 0 Å². The molecule has 0 radical (unpaired) electrons. The second-order valence-corrected chi connectivity index (χ2v) is 6.71. The highest BCUT2D eigenvalue weighted by molar-refractivity contribution is 7.93. The fourth-order valence-corrected chi connectivity index (χ4v) is 2.71. The summed E-state index contributed by atoms with van der Waals surface area (Å²) in [5, 5.41) is 0. The minimum atomic E-state index is -3.78. The highest BCUT2D eigenvalue weighted by Gasteiger charge is 2.22. The van der Waals surface area contributed by atoms with Crippen LogP contribution in [0.15, 0.2) is 59.6 Å². The number of nitrogens with one attached hydrogen (secondary N) is 1. The van der Waals surface area contributed by atoms with Crippen molar-refractivity contribution in [3.63, 3.8) is 0 Å². The van der Waals surface area contributed by atoms with Crippen LogP contribution >= 0.6 is 0 Å². The van der Waals surface area contributed by atoms with Crippen LogP contribution in [-0.4, -0.2) is 20.2 Å². The standard InChI is InChI=1S/C17H25NO3S/c1-6-8-9-10-11-17(15(5)19)18-22(20,21)16(7-2)13-12-14(3)4/h6-10,12-13,17-18H,2,11H2,1,3-5H3/b8-6-,10-9-,16-13+. The lowest BCUT2D eigenvalue weighted by Gasteiger charge is -2.14. The molecule has 0 saturated heterocycles. The van der Waals surface area contributed by atoms with Gasteiger partial charge in [0.05, 0.1) is 10.9 Å². The Morgan fingerprint density at radius 1 is 1.18 bits per heavy atom. The van der Waals surface area contributed by atoms with Gasteiger partial charge in [-0.2, -0.15) is 0 Å². The number of carbonyl (C=O) groups excluding carboxylic acids is 1. The highest BCUT2D eigenvalue weighted by Crippen LogP contribution is 2.10. The minimum absolute atomic E-state index is 0.0392. The molecule has 0 spiro atoms. The van der Waals surface area contributed by atoms with Gasteiger partial charge in [0.15, 0.2) is 0 Å². The van der Waals surface area contributed by atoms with Crippen molar-refractivity contribution in [2.24, 2.45) is 0 Å². The number of Topliss-reactive ketones (excluding diaryl/α,β-unsaturated/α-hetero) is 1. The molecule has 5 heteroatoms. The first-order chi connectivity index (χ1) is 10.2. The fraction of sp³-hybridized carbons (Fsp3) is 0.353. The molecule has 122 valence electrons. The van der Waals surface area contributed by atoms with E-state index in [-0.39, 0.29) is 10.7 Å². The Labute approximate surface area is 134 Å². The van der Waals surface area contributed by atoms with Crippen molar-refractivity contribution in [1.29, 1.82) is 0 Å². The van der Waals surface area contributed by atoms with Crippen LogP contribution in [0.25, 0.3) is 0 Å². The molecule has 0 bridgehead atoms. The van der Waals surface area contributed by atoms with E-state index in [1.54, 1.807) is 18.2 Å². The summed E-state index contributed by atoms with van der Waals surface area (Å²) in [7, 11) is -3.78. The molecule has 0 fully saturated rings. The molecule has 0 saturated carbocycles. The Hall–Kier alpha value is -1.72. The normalized spacial score (nSPS) is 14.3. The van der Waals surface area contributed by atoms with Gasteiger partial charge in [0.25, 0.3) is 0 Å². The molecule has 0 aromatic carbocycles. The Kier molecular flexibility index (Phi) is 9.29. The van der Waals surface area contributed by atoms with Crippen molar-refractivity contribution >= 4 is 15.8 Å². The maximum atomic E-state index is 12.3. The first-order valence-electron chi connectivity index (χ1n) is 7.02. The van der Waals surface area contributed by atoms with Crippen LogP contribution in [0.1, 0.15) is 34.1 Å². The lowest BCUT2D eigenvalue weighted by Crippen LogP contribution is -2.39. The second kappa shape index (κ2) is 10.1. The van der Waals surface area contributed by atoms with Gasteiger partial charge in [-0.15, -0.1) is 0 Å². The molecule has 1 atom stereocenters. The molecule has 0 aliphatic rings. The largest absolute Gasteiger partial charge is 0.298 e. The van der Waals surface area contributed by atoms with Gasteiger partial charge in [0, 0.05) is 0 Å². The van der Waals surface area contributed by atoms with Crippen molar-refractivity contribution in [1.82, 2.24) is 4.72 Å². The zero-order chi connectivity index (χ0) is 17.2. The van der Waals surface area contributed by atoms with Gasteiger partial charge in [-0.1, -0.05) is 42.5 Å². The lowest BCUT2D eigenvalue weighted by molar-refractivity contribution is -0.118. The van der Waals surface area contributed by atoms with Gasteiger partial charge in [-0.25, -0.2) is 13.1 Å². The average Bonchev–Trinajstić information content (AvgIpc) is 2.41. The van der Waals surface area contributed by atoms with E-state index in [0.29, 0.717) is 6.42 Å². The fourth-order valence-electron chi connectivity index (χ4n) is 1.47. The SMILES string of the molecule is C=C/C(=C\C=C(C)C)S(=O)(=O)NC(C/C=C\C=C/C)C(C)=O. The molecular formula is C17H25NO3S. The summed E-state index contributed by atoms with van der Waals surface area (Å²) < 4.78 is 27.0. The smallest absolute Gasteiger partial charge is 0.241 e. The van der Waals surface area contributed by atoms with E-state index >= 15 is 0 Å². The number of ketones is 1. The Morgan fingerprint density at radius 2 is 1.82 bits per heavy atom. The van der Waals surface area contributed by atoms with Gasteiger partial charge < -0.3 is 0 Å². The van der Waals surface area contributed by atoms with Gasteiger partial charge in [0.1, 0.15) is 5.78 Å². The minimum Gasteiger partial charge on any atom is -0.298 e. The number of hydrogen-bond acceptors (Lipinski definition) is 3. The van der Waals surface area contributed by atoms with Crippen LogP contribution < -0.4 is 4.72 Å². The van der Waals surface area contributed by atoms with E-state index in [4.69, 9.17) is 0 Å². The predicted molar refractivity (Wildman–Crippen MR) is 92.8 cm³/mol. The molecule has 1 N–H and O–H groups in total. The number of carbonyl (C=O) groups is 1. The number of rotatable bonds is 9. The molecule has 0 heterocycles. The van der Waals surface area contributed by atoms with Crippen molar-refractivity contribution in [3.05, 3.63) is 59.6 Å². The molecular weight excluding hydrogens is 298 g/mol. The zero-order valence-electron chi connectivity index (χ0n) is 13.7. The summed E-state index contributed by atoms with van der Waals surface area (Å²) in [6.45, 7) is 10.5. The molecule has 0 aliphatic carbocycles. The maximum absolute atomic E-state index is 12.3. The third kappa shape index (κ3) is 7.90. The lowest BCUT2D eigenvalue weighted by atomic mass is 10.1. The van der Waals surface area contributed by atoms with Gasteiger partial charge >= 0.3 is 0 Å². The van der Waals surface area contributed by atoms with Crippen LogP contribution in [-0.2, 0) is 14.8 Å². The van der Waals surface area contributed by atoms with Crippen LogP contribution in [0, 0.1) is 0 Å².